The summed E-state index contributed by atoms with van der Waals surface area (Å²) in [4.78, 5) is 0. The molecular formula is C14H22FNO. The molecular weight excluding hydrogens is 217 g/mol. The highest BCUT2D eigenvalue weighted by Gasteiger charge is 2.02. The maximum absolute atomic E-state index is 13.3. The van der Waals surface area contributed by atoms with Crippen LogP contribution in [0.15, 0.2) is 18.2 Å². The molecule has 0 heterocycles. The van der Waals surface area contributed by atoms with Crippen LogP contribution in [0.25, 0.3) is 0 Å². The van der Waals surface area contributed by atoms with Crippen molar-refractivity contribution < 1.29 is 9.13 Å². The molecule has 0 aromatic heterocycles. The number of unbranched alkanes of at least 4 members (excludes halogenated alkanes) is 3. The smallest absolute Gasteiger partial charge is 0.165 e. The fourth-order valence-corrected chi connectivity index (χ4v) is 1.66. The van der Waals surface area contributed by atoms with Crippen molar-refractivity contribution in [3.8, 4) is 5.75 Å². The molecule has 0 bridgehead atoms. The lowest BCUT2D eigenvalue weighted by Gasteiger charge is -2.07. The molecule has 0 fully saturated rings. The normalized spacial score (nSPS) is 10.5. The molecule has 0 aliphatic carbocycles. The molecule has 0 atom stereocenters. The van der Waals surface area contributed by atoms with Crippen LogP contribution in [-0.4, -0.2) is 20.2 Å². The molecule has 1 aromatic rings. The van der Waals surface area contributed by atoms with Crippen LogP contribution < -0.4 is 10.1 Å². The molecule has 0 amide bonds. The summed E-state index contributed by atoms with van der Waals surface area (Å²) >= 11 is 0. The van der Waals surface area contributed by atoms with Gasteiger partial charge < -0.3 is 10.1 Å². The summed E-state index contributed by atoms with van der Waals surface area (Å²) < 4.78 is 18.7. The number of rotatable bonds is 8. The molecule has 96 valence electrons. The Bertz CT molecular complexity index is 328. The van der Waals surface area contributed by atoms with Crippen LogP contribution in [0, 0.1) is 12.7 Å². The molecule has 0 radical (unpaired) electrons. The summed E-state index contributed by atoms with van der Waals surface area (Å²) in [6.07, 6.45) is 4.50. The largest absolute Gasteiger partial charge is 0.491 e. The van der Waals surface area contributed by atoms with E-state index in [4.69, 9.17) is 4.74 Å². The van der Waals surface area contributed by atoms with Gasteiger partial charge in [-0.1, -0.05) is 18.9 Å². The van der Waals surface area contributed by atoms with Gasteiger partial charge in [0.05, 0.1) is 6.61 Å². The molecule has 0 saturated carbocycles. The lowest BCUT2D eigenvalue weighted by Crippen LogP contribution is -2.07. The first kappa shape index (κ1) is 14.0. The van der Waals surface area contributed by atoms with Crippen molar-refractivity contribution in [2.45, 2.75) is 32.6 Å². The van der Waals surface area contributed by atoms with Gasteiger partial charge in [0, 0.05) is 0 Å². The average molecular weight is 239 g/mol. The minimum absolute atomic E-state index is 0.272. The molecule has 17 heavy (non-hydrogen) atoms. The van der Waals surface area contributed by atoms with Gasteiger partial charge in [-0.3, -0.25) is 0 Å². The zero-order valence-corrected chi connectivity index (χ0v) is 10.8. The predicted molar refractivity (Wildman–Crippen MR) is 69.0 cm³/mol. The summed E-state index contributed by atoms with van der Waals surface area (Å²) in [7, 11) is 1.96. The van der Waals surface area contributed by atoms with Crippen molar-refractivity contribution in [3.63, 3.8) is 0 Å². The summed E-state index contributed by atoms with van der Waals surface area (Å²) in [5, 5.41) is 3.12. The monoisotopic (exact) mass is 239 g/mol. The van der Waals surface area contributed by atoms with Crippen LogP contribution in [0.5, 0.6) is 5.75 Å². The van der Waals surface area contributed by atoms with Gasteiger partial charge in [0.2, 0.25) is 0 Å². The standard InChI is InChI=1S/C14H22FNO/c1-12-7-8-13(15)14(11-12)17-10-6-4-3-5-9-16-2/h7-8,11,16H,3-6,9-10H2,1-2H3. The first-order valence-electron chi connectivity index (χ1n) is 6.27. The van der Waals surface area contributed by atoms with E-state index in [1.165, 1.54) is 18.9 Å². The first-order chi connectivity index (χ1) is 8.24. The topological polar surface area (TPSA) is 21.3 Å². The van der Waals surface area contributed by atoms with Crippen molar-refractivity contribution in [1.29, 1.82) is 0 Å². The third-order valence-corrected chi connectivity index (χ3v) is 2.67. The Hall–Kier alpha value is -1.09. The molecule has 0 saturated heterocycles. The summed E-state index contributed by atoms with van der Waals surface area (Å²) in [5.74, 6) is 0.103. The van der Waals surface area contributed by atoms with Crippen LogP contribution in [0.4, 0.5) is 4.39 Å². The lowest BCUT2D eigenvalue weighted by atomic mass is 10.2. The molecule has 0 aliphatic heterocycles. The van der Waals surface area contributed by atoms with E-state index >= 15 is 0 Å². The van der Waals surface area contributed by atoms with E-state index in [1.54, 1.807) is 12.1 Å². The molecule has 1 aromatic carbocycles. The average Bonchev–Trinajstić information content (AvgIpc) is 2.32. The molecule has 0 aliphatic rings. The van der Waals surface area contributed by atoms with E-state index < -0.39 is 0 Å². The second-order valence-corrected chi connectivity index (χ2v) is 4.30. The third kappa shape index (κ3) is 5.68. The molecule has 0 spiro atoms. The van der Waals surface area contributed by atoms with E-state index in [1.807, 2.05) is 14.0 Å². The van der Waals surface area contributed by atoms with Crippen molar-refractivity contribution in [2.24, 2.45) is 0 Å². The van der Waals surface area contributed by atoms with Crippen LogP contribution in [0.1, 0.15) is 31.2 Å². The van der Waals surface area contributed by atoms with E-state index in [2.05, 4.69) is 5.32 Å². The number of benzene rings is 1. The quantitative estimate of drug-likeness (QED) is 0.703. The van der Waals surface area contributed by atoms with Gasteiger partial charge in [-0.05, 0) is 51.1 Å². The number of aryl methyl sites for hydroxylation is 1. The Morgan fingerprint density at radius 1 is 1.18 bits per heavy atom. The molecule has 0 unspecified atom stereocenters. The Kier molecular flexibility index (Phi) is 6.63. The second kappa shape index (κ2) is 8.07. The number of hydrogen-bond donors (Lipinski definition) is 1. The molecule has 1 rings (SSSR count). The van der Waals surface area contributed by atoms with Crippen LogP contribution in [-0.2, 0) is 0 Å². The summed E-state index contributed by atoms with van der Waals surface area (Å²) in [5.41, 5.74) is 1.02. The summed E-state index contributed by atoms with van der Waals surface area (Å²) in [6, 6.07) is 4.95. The Morgan fingerprint density at radius 2 is 1.94 bits per heavy atom. The van der Waals surface area contributed by atoms with Gasteiger partial charge in [0.1, 0.15) is 0 Å². The van der Waals surface area contributed by atoms with E-state index in [9.17, 15) is 4.39 Å². The van der Waals surface area contributed by atoms with E-state index in [0.29, 0.717) is 12.4 Å². The Morgan fingerprint density at radius 3 is 2.71 bits per heavy atom. The fraction of sp³-hybridized carbons (Fsp3) is 0.571. The van der Waals surface area contributed by atoms with Crippen molar-refractivity contribution in [1.82, 2.24) is 5.32 Å². The lowest BCUT2D eigenvalue weighted by molar-refractivity contribution is 0.290. The minimum Gasteiger partial charge on any atom is -0.491 e. The molecule has 2 nitrogen and oxygen atoms in total. The van der Waals surface area contributed by atoms with E-state index in [-0.39, 0.29) is 5.82 Å². The van der Waals surface area contributed by atoms with Gasteiger partial charge in [-0.2, -0.15) is 0 Å². The Balaban J connectivity index is 2.15. The van der Waals surface area contributed by atoms with E-state index in [0.717, 1.165) is 24.9 Å². The highest BCUT2D eigenvalue weighted by Crippen LogP contribution is 2.18. The minimum atomic E-state index is -0.272. The van der Waals surface area contributed by atoms with Gasteiger partial charge in [0.15, 0.2) is 11.6 Å². The number of halogens is 1. The van der Waals surface area contributed by atoms with Gasteiger partial charge in [-0.15, -0.1) is 0 Å². The maximum atomic E-state index is 13.3. The van der Waals surface area contributed by atoms with Crippen molar-refractivity contribution >= 4 is 0 Å². The SMILES string of the molecule is CNCCCCCCOc1cc(C)ccc1F. The second-order valence-electron chi connectivity index (χ2n) is 4.30. The number of nitrogens with one attached hydrogen (secondary N) is 1. The Labute approximate surface area is 103 Å². The zero-order valence-electron chi connectivity index (χ0n) is 10.8. The number of hydrogen-bond acceptors (Lipinski definition) is 2. The van der Waals surface area contributed by atoms with Crippen LogP contribution in [0.3, 0.4) is 0 Å². The fourth-order valence-electron chi connectivity index (χ4n) is 1.66. The van der Waals surface area contributed by atoms with Crippen LogP contribution in [0.2, 0.25) is 0 Å². The number of ether oxygens (including phenoxy) is 1. The summed E-state index contributed by atoms with van der Waals surface area (Å²) in [6.45, 7) is 3.59. The van der Waals surface area contributed by atoms with Crippen molar-refractivity contribution in [3.05, 3.63) is 29.6 Å². The van der Waals surface area contributed by atoms with Gasteiger partial charge in [0.25, 0.3) is 0 Å². The zero-order chi connectivity index (χ0) is 12.5. The molecule has 3 heteroatoms. The van der Waals surface area contributed by atoms with Crippen LogP contribution >= 0.6 is 0 Å². The predicted octanol–water partition coefficient (Wildman–Crippen LogP) is 3.29. The highest BCUT2D eigenvalue weighted by molar-refractivity contribution is 5.29. The third-order valence-electron chi connectivity index (χ3n) is 2.67. The maximum Gasteiger partial charge on any atom is 0.165 e. The molecule has 1 N–H and O–H groups in total. The van der Waals surface area contributed by atoms with Crippen molar-refractivity contribution in [2.75, 3.05) is 20.2 Å². The first-order valence-corrected chi connectivity index (χ1v) is 6.27. The van der Waals surface area contributed by atoms with Gasteiger partial charge in [-0.25, -0.2) is 4.39 Å². The van der Waals surface area contributed by atoms with Gasteiger partial charge >= 0.3 is 0 Å². The highest BCUT2D eigenvalue weighted by atomic mass is 19.1.